The van der Waals surface area contributed by atoms with Crippen LogP contribution in [0.25, 0.3) is 11.1 Å². The number of hydrogen-bond acceptors (Lipinski definition) is 3. The summed E-state index contributed by atoms with van der Waals surface area (Å²) in [5, 5.41) is 0. The van der Waals surface area contributed by atoms with Crippen molar-refractivity contribution in [3.8, 4) is 11.1 Å². The molecule has 2 aromatic carbocycles. The minimum absolute atomic E-state index is 0.0426. The molecule has 0 spiro atoms. The fraction of sp³-hybridized carbons (Fsp3) is 0.304. The number of imidazole rings is 1. The molecule has 3 rings (SSSR count). The quantitative estimate of drug-likeness (QED) is 0.327. The second kappa shape index (κ2) is 9.10. The smallest absolute Gasteiger partial charge is 0.459 e. The maximum atomic E-state index is 14.2. The van der Waals surface area contributed by atoms with Crippen LogP contribution in [0.2, 0.25) is 0 Å². The SMILES string of the molecule is CCCc1nc(C(F)(F)C(F)(F)F)c(C(=O)OC)n1Cc1ccc(-c2ccccc2)cc1. The number of carbonyl (C=O) groups excluding carboxylic acids is 1. The van der Waals surface area contributed by atoms with Crippen molar-refractivity contribution in [3.05, 3.63) is 77.4 Å². The number of ether oxygens (including phenoxy) is 1. The highest BCUT2D eigenvalue weighted by Gasteiger charge is 2.62. The number of alkyl halides is 5. The minimum Gasteiger partial charge on any atom is -0.464 e. The number of carbonyl (C=O) groups is 1. The summed E-state index contributed by atoms with van der Waals surface area (Å²) in [6.07, 6.45) is -5.36. The number of nitrogens with zero attached hydrogens (tertiary/aromatic N) is 2. The first-order chi connectivity index (χ1) is 15.1. The zero-order valence-corrected chi connectivity index (χ0v) is 17.4. The molecule has 0 amide bonds. The Morgan fingerprint density at radius 2 is 1.56 bits per heavy atom. The molecule has 0 aliphatic rings. The molecule has 0 radical (unpaired) electrons. The van der Waals surface area contributed by atoms with Gasteiger partial charge in [-0.15, -0.1) is 0 Å². The summed E-state index contributed by atoms with van der Waals surface area (Å²) < 4.78 is 73.3. The van der Waals surface area contributed by atoms with Crippen LogP contribution in [0.1, 0.15) is 40.9 Å². The second-order valence-electron chi connectivity index (χ2n) is 7.19. The van der Waals surface area contributed by atoms with Crippen LogP contribution < -0.4 is 0 Å². The van der Waals surface area contributed by atoms with E-state index in [9.17, 15) is 26.7 Å². The van der Waals surface area contributed by atoms with Crippen molar-refractivity contribution >= 4 is 5.97 Å². The van der Waals surface area contributed by atoms with E-state index < -0.39 is 29.5 Å². The molecule has 0 aliphatic heterocycles. The molecular formula is C23H21F5N2O2. The third-order valence-electron chi connectivity index (χ3n) is 4.95. The van der Waals surface area contributed by atoms with Crippen LogP contribution in [-0.2, 0) is 23.6 Å². The second-order valence-corrected chi connectivity index (χ2v) is 7.19. The summed E-state index contributed by atoms with van der Waals surface area (Å²) in [4.78, 5) is 15.9. The molecule has 0 fully saturated rings. The van der Waals surface area contributed by atoms with E-state index in [1.165, 1.54) is 0 Å². The molecule has 4 nitrogen and oxygen atoms in total. The fourth-order valence-electron chi connectivity index (χ4n) is 3.36. The third-order valence-corrected chi connectivity index (χ3v) is 4.95. The molecule has 0 atom stereocenters. The number of benzene rings is 2. The van der Waals surface area contributed by atoms with Gasteiger partial charge in [-0.05, 0) is 23.1 Å². The molecule has 170 valence electrons. The Balaban J connectivity index is 2.07. The number of methoxy groups -OCH3 is 1. The van der Waals surface area contributed by atoms with Gasteiger partial charge in [0.1, 0.15) is 5.82 Å². The van der Waals surface area contributed by atoms with Crippen LogP contribution in [0, 0.1) is 0 Å². The molecule has 0 N–H and O–H groups in total. The Bertz CT molecular complexity index is 1070. The maximum Gasteiger partial charge on any atom is 0.459 e. The van der Waals surface area contributed by atoms with Gasteiger partial charge < -0.3 is 9.30 Å². The number of hydrogen-bond donors (Lipinski definition) is 0. The summed E-state index contributed by atoms with van der Waals surface area (Å²) in [7, 11) is 0.920. The molecule has 0 saturated heterocycles. The van der Waals surface area contributed by atoms with Crippen LogP contribution in [0.3, 0.4) is 0 Å². The Labute approximate surface area is 181 Å². The van der Waals surface area contributed by atoms with Crippen LogP contribution in [0.15, 0.2) is 54.6 Å². The van der Waals surface area contributed by atoms with Crippen molar-refractivity contribution in [1.29, 1.82) is 0 Å². The summed E-state index contributed by atoms with van der Waals surface area (Å²) in [5.74, 6) is -6.65. The van der Waals surface area contributed by atoms with Gasteiger partial charge in [0.2, 0.25) is 0 Å². The van der Waals surface area contributed by atoms with Crippen molar-refractivity contribution in [2.75, 3.05) is 7.11 Å². The van der Waals surface area contributed by atoms with Gasteiger partial charge in [-0.2, -0.15) is 22.0 Å². The summed E-state index contributed by atoms with van der Waals surface area (Å²) in [6.45, 7) is 1.61. The summed E-state index contributed by atoms with van der Waals surface area (Å²) in [6, 6.07) is 16.6. The molecular weight excluding hydrogens is 431 g/mol. The molecule has 9 heteroatoms. The fourth-order valence-corrected chi connectivity index (χ4v) is 3.36. The van der Waals surface area contributed by atoms with Crippen LogP contribution >= 0.6 is 0 Å². The molecule has 0 bridgehead atoms. The van der Waals surface area contributed by atoms with Gasteiger partial charge in [-0.3, -0.25) is 0 Å². The Kier molecular flexibility index (Phi) is 6.66. The largest absolute Gasteiger partial charge is 0.464 e. The molecule has 0 aliphatic carbocycles. The van der Waals surface area contributed by atoms with Crippen molar-refractivity contribution in [1.82, 2.24) is 9.55 Å². The zero-order chi connectivity index (χ0) is 23.5. The molecule has 1 heterocycles. The number of esters is 1. The van der Waals surface area contributed by atoms with Gasteiger partial charge in [-0.1, -0.05) is 61.5 Å². The number of aryl methyl sites for hydroxylation is 1. The lowest BCUT2D eigenvalue weighted by Gasteiger charge is -2.19. The van der Waals surface area contributed by atoms with E-state index in [-0.39, 0.29) is 18.8 Å². The molecule has 1 aromatic heterocycles. The predicted octanol–water partition coefficient (Wildman–Crippen LogP) is 5.99. The van der Waals surface area contributed by atoms with E-state index in [0.717, 1.165) is 22.8 Å². The van der Waals surface area contributed by atoms with Crippen molar-refractivity contribution in [3.63, 3.8) is 0 Å². The van der Waals surface area contributed by atoms with E-state index in [0.29, 0.717) is 12.0 Å². The van der Waals surface area contributed by atoms with E-state index in [1.807, 2.05) is 42.5 Å². The first-order valence-corrected chi connectivity index (χ1v) is 9.87. The van der Waals surface area contributed by atoms with E-state index >= 15 is 0 Å². The predicted molar refractivity (Wildman–Crippen MR) is 108 cm³/mol. The average molecular weight is 452 g/mol. The lowest BCUT2D eigenvalue weighted by molar-refractivity contribution is -0.291. The highest BCUT2D eigenvalue weighted by Crippen LogP contribution is 2.45. The van der Waals surface area contributed by atoms with Gasteiger partial charge in [-0.25, -0.2) is 9.78 Å². The molecule has 0 unspecified atom stereocenters. The van der Waals surface area contributed by atoms with E-state index in [2.05, 4.69) is 9.72 Å². The first kappa shape index (κ1) is 23.4. The number of halogens is 5. The van der Waals surface area contributed by atoms with Gasteiger partial charge >= 0.3 is 18.1 Å². The zero-order valence-electron chi connectivity index (χ0n) is 17.4. The highest BCUT2D eigenvalue weighted by atomic mass is 19.4. The minimum atomic E-state index is -5.91. The monoisotopic (exact) mass is 452 g/mol. The summed E-state index contributed by atoms with van der Waals surface area (Å²) in [5.41, 5.74) is -0.0555. The molecule has 0 saturated carbocycles. The van der Waals surface area contributed by atoms with Gasteiger partial charge in [0.25, 0.3) is 0 Å². The first-order valence-electron chi connectivity index (χ1n) is 9.87. The van der Waals surface area contributed by atoms with Crippen molar-refractivity contribution < 1.29 is 31.5 Å². The van der Waals surface area contributed by atoms with Crippen molar-refractivity contribution in [2.45, 2.75) is 38.4 Å². The third kappa shape index (κ3) is 4.51. The van der Waals surface area contributed by atoms with Gasteiger partial charge in [0, 0.05) is 13.0 Å². The molecule has 3 aromatic rings. The average Bonchev–Trinajstić information content (AvgIpc) is 3.12. The Morgan fingerprint density at radius 1 is 0.969 bits per heavy atom. The maximum absolute atomic E-state index is 14.2. The Hall–Kier alpha value is -3.23. The van der Waals surface area contributed by atoms with Crippen LogP contribution in [0.5, 0.6) is 0 Å². The summed E-state index contributed by atoms with van der Waals surface area (Å²) >= 11 is 0. The van der Waals surface area contributed by atoms with Crippen molar-refractivity contribution in [2.24, 2.45) is 0 Å². The van der Waals surface area contributed by atoms with E-state index in [1.54, 1.807) is 19.1 Å². The number of rotatable bonds is 7. The van der Waals surface area contributed by atoms with E-state index in [4.69, 9.17) is 0 Å². The Morgan fingerprint density at radius 3 is 2.09 bits per heavy atom. The highest BCUT2D eigenvalue weighted by molar-refractivity contribution is 5.89. The van der Waals surface area contributed by atoms with Gasteiger partial charge in [0.05, 0.1) is 7.11 Å². The number of aromatic nitrogens is 2. The lowest BCUT2D eigenvalue weighted by Crippen LogP contribution is -2.36. The topological polar surface area (TPSA) is 44.1 Å². The lowest BCUT2D eigenvalue weighted by atomic mass is 10.0. The van der Waals surface area contributed by atoms with Gasteiger partial charge in [0.15, 0.2) is 11.4 Å². The molecule has 32 heavy (non-hydrogen) atoms. The normalized spacial score (nSPS) is 12.1. The van der Waals surface area contributed by atoms with Crippen LogP contribution in [0.4, 0.5) is 22.0 Å². The standard InChI is InChI=1S/C23H21F5N2O2/c1-3-7-18-29-20(22(24,25)23(26,27)28)19(21(31)32-2)30(18)14-15-10-12-17(13-11-15)16-8-5-4-6-9-16/h4-6,8-13H,3,7,14H2,1-2H3. The van der Waals surface area contributed by atoms with Crippen LogP contribution in [-0.4, -0.2) is 28.8 Å².